The number of aryl methyl sites for hydroxylation is 1. The monoisotopic (exact) mass is 374 g/mol. The number of carbonyl (C=O) groups is 1. The average Bonchev–Trinajstić information content (AvgIpc) is 2.65. The van der Waals surface area contributed by atoms with Gasteiger partial charge in [-0.05, 0) is 38.0 Å². The van der Waals surface area contributed by atoms with Crippen molar-refractivity contribution in [2.75, 3.05) is 44.8 Å². The SMILES string of the molecule is COCCCN1CC2(CCC1=O)CCN(c1cc(C)nc(C(C)C)n1)CC2. The highest BCUT2D eigenvalue weighted by Crippen LogP contribution is 2.41. The van der Waals surface area contributed by atoms with Crippen molar-refractivity contribution in [3.05, 3.63) is 17.6 Å². The van der Waals surface area contributed by atoms with Crippen LogP contribution < -0.4 is 4.90 Å². The predicted molar refractivity (Wildman–Crippen MR) is 107 cm³/mol. The van der Waals surface area contributed by atoms with Crippen LogP contribution in [0.5, 0.6) is 0 Å². The number of carbonyl (C=O) groups excluding carboxylic acids is 1. The molecule has 2 saturated heterocycles. The summed E-state index contributed by atoms with van der Waals surface area (Å²) in [6.07, 6.45) is 4.89. The molecule has 0 bridgehead atoms. The summed E-state index contributed by atoms with van der Waals surface area (Å²) in [7, 11) is 1.72. The highest BCUT2D eigenvalue weighted by molar-refractivity contribution is 5.77. The van der Waals surface area contributed by atoms with Crippen LogP contribution in [0.4, 0.5) is 5.82 Å². The first-order chi connectivity index (χ1) is 12.9. The predicted octanol–water partition coefficient (Wildman–Crippen LogP) is 3.15. The fourth-order valence-corrected chi connectivity index (χ4v) is 4.32. The third-order valence-corrected chi connectivity index (χ3v) is 6.05. The van der Waals surface area contributed by atoms with Gasteiger partial charge in [-0.1, -0.05) is 13.8 Å². The molecule has 6 nitrogen and oxygen atoms in total. The van der Waals surface area contributed by atoms with Crippen molar-refractivity contribution in [1.29, 1.82) is 0 Å². The van der Waals surface area contributed by atoms with Gasteiger partial charge in [-0.25, -0.2) is 9.97 Å². The number of rotatable bonds is 6. The van der Waals surface area contributed by atoms with Gasteiger partial charge in [0.25, 0.3) is 0 Å². The number of anilines is 1. The topological polar surface area (TPSA) is 58.6 Å². The van der Waals surface area contributed by atoms with Crippen LogP contribution in [0, 0.1) is 12.3 Å². The molecule has 2 aliphatic rings. The number of ether oxygens (including phenoxy) is 1. The van der Waals surface area contributed by atoms with E-state index in [4.69, 9.17) is 9.72 Å². The summed E-state index contributed by atoms with van der Waals surface area (Å²) in [6.45, 7) is 10.8. The van der Waals surface area contributed by atoms with Gasteiger partial charge < -0.3 is 14.5 Å². The van der Waals surface area contributed by atoms with Gasteiger partial charge in [0.1, 0.15) is 11.6 Å². The van der Waals surface area contributed by atoms with Crippen LogP contribution in [0.2, 0.25) is 0 Å². The summed E-state index contributed by atoms with van der Waals surface area (Å²) in [5.41, 5.74) is 1.32. The first kappa shape index (κ1) is 20.1. The Morgan fingerprint density at radius 2 is 1.96 bits per heavy atom. The molecule has 1 amide bonds. The molecule has 1 spiro atoms. The number of hydrogen-bond acceptors (Lipinski definition) is 5. The van der Waals surface area contributed by atoms with Gasteiger partial charge >= 0.3 is 0 Å². The number of aromatic nitrogens is 2. The van der Waals surface area contributed by atoms with E-state index in [1.807, 2.05) is 6.92 Å². The summed E-state index contributed by atoms with van der Waals surface area (Å²) < 4.78 is 5.15. The third-order valence-electron chi connectivity index (χ3n) is 6.05. The normalized spacial score (nSPS) is 20.0. The number of methoxy groups -OCH3 is 1. The second-order valence-corrected chi connectivity index (χ2v) is 8.53. The fraction of sp³-hybridized carbons (Fsp3) is 0.762. The van der Waals surface area contributed by atoms with Crippen LogP contribution in [0.1, 0.15) is 63.4 Å². The minimum absolute atomic E-state index is 0.278. The molecule has 0 atom stereocenters. The Bertz CT molecular complexity index is 654. The second kappa shape index (κ2) is 8.55. The molecule has 3 rings (SSSR count). The van der Waals surface area contributed by atoms with Crippen LogP contribution in [-0.4, -0.2) is 60.7 Å². The summed E-state index contributed by atoms with van der Waals surface area (Å²) in [5.74, 6) is 2.64. The van der Waals surface area contributed by atoms with Gasteiger partial charge in [0.05, 0.1) is 0 Å². The Hall–Kier alpha value is -1.69. The largest absolute Gasteiger partial charge is 0.385 e. The van der Waals surface area contributed by atoms with Crippen LogP contribution in [0.3, 0.4) is 0 Å². The number of likely N-dealkylation sites (tertiary alicyclic amines) is 1. The second-order valence-electron chi connectivity index (χ2n) is 8.53. The lowest BCUT2D eigenvalue weighted by Gasteiger charge is -2.47. The highest BCUT2D eigenvalue weighted by Gasteiger charge is 2.41. The van der Waals surface area contributed by atoms with E-state index in [1.165, 1.54) is 0 Å². The molecule has 1 aromatic rings. The number of nitrogens with zero attached hydrogens (tertiary/aromatic N) is 4. The van der Waals surface area contributed by atoms with Crippen molar-refractivity contribution in [2.45, 2.75) is 58.8 Å². The molecule has 1 aromatic heterocycles. The van der Waals surface area contributed by atoms with E-state index in [9.17, 15) is 4.79 Å². The zero-order valence-corrected chi connectivity index (χ0v) is 17.3. The zero-order chi connectivity index (χ0) is 19.4. The van der Waals surface area contributed by atoms with E-state index >= 15 is 0 Å². The van der Waals surface area contributed by atoms with Crippen LogP contribution >= 0.6 is 0 Å². The Kier molecular flexibility index (Phi) is 6.35. The molecule has 0 N–H and O–H groups in total. The van der Waals surface area contributed by atoms with E-state index in [0.29, 0.717) is 18.2 Å². The Morgan fingerprint density at radius 3 is 2.63 bits per heavy atom. The molecule has 27 heavy (non-hydrogen) atoms. The van der Waals surface area contributed by atoms with E-state index in [-0.39, 0.29) is 5.41 Å². The molecule has 0 aliphatic carbocycles. The first-order valence-corrected chi connectivity index (χ1v) is 10.3. The maximum absolute atomic E-state index is 12.3. The van der Waals surface area contributed by atoms with Crippen molar-refractivity contribution < 1.29 is 9.53 Å². The van der Waals surface area contributed by atoms with E-state index in [1.54, 1.807) is 7.11 Å². The smallest absolute Gasteiger partial charge is 0.222 e. The van der Waals surface area contributed by atoms with Crippen molar-refractivity contribution in [3.63, 3.8) is 0 Å². The minimum Gasteiger partial charge on any atom is -0.385 e. The van der Waals surface area contributed by atoms with Gasteiger partial charge in [-0.15, -0.1) is 0 Å². The lowest BCUT2D eigenvalue weighted by molar-refractivity contribution is -0.138. The van der Waals surface area contributed by atoms with Gasteiger partial charge in [-0.3, -0.25) is 4.79 Å². The van der Waals surface area contributed by atoms with Crippen LogP contribution in [0.25, 0.3) is 0 Å². The van der Waals surface area contributed by atoms with Crippen LogP contribution in [0.15, 0.2) is 6.07 Å². The van der Waals surface area contributed by atoms with E-state index in [2.05, 4.69) is 34.7 Å². The van der Waals surface area contributed by atoms with Gasteiger partial charge in [0.2, 0.25) is 5.91 Å². The molecule has 2 fully saturated rings. The molecular formula is C21H34N4O2. The van der Waals surface area contributed by atoms with E-state index in [0.717, 1.165) is 75.8 Å². The molecule has 0 radical (unpaired) electrons. The molecule has 2 aliphatic heterocycles. The molecule has 0 saturated carbocycles. The molecule has 0 aromatic carbocycles. The quantitative estimate of drug-likeness (QED) is 0.716. The average molecular weight is 375 g/mol. The summed E-state index contributed by atoms with van der Waals surface area (Å²) in [5, 5.41) is 0. The van der Waals surface area contributed by atoms with Gasteiger partial charge in [0, 0.05) is 64.0 Å². The maximum atomic E-state index is 12.3. The Balaban J connectivity index is 1.63. The first-order valence-electron chi connectivity index (χ1n) is 10.3. The van der Waals surface area contributed by atoms with Gasteiger partial charge in [0.15, 0.2) is 0 Å². The Labute approximate surface area is 163 Å². The van der Waals surface area contributed by atoms with Gasteiger partial charge in [-0.2, -0.15) is 0 Å². The number of piperidine rings is 2. The molecule has 150 valence electrons. The zero-order valence-electron chi connectivity index (χ0n) is 17.3. The molecule has 0 unspecified atom stereocenters. The van der Waals surface area contributed by atoms with Crippen molar-refractivity contribution >= 4 is 11.7 Å². The minimum atomic E-state index is 0.278. The standard InChI is InChI=1S/C21H34N4O2/c1-16(2)20-22-17(3)14-18(23-20)24-11-8-21(9-12-24)7-6-19(26)25(15-21)10-5-13-27-4/h14,16H,5-13,15H2,1-4H3. The highest BCUT2D eigenvalue weighted by atomic mass is 16.5. The lowest BCUT2D eigenvalue weighted by atomic mass is 9.72. The van der Waals surface area contributed by atoms with Crippen molar-refractivity contribution in [2.24, 2.45) is 5.41 Å². The summed E-state index contributed by atoms with van der Waals surface area (Å²) >= 11 is 0. The summed E-state index contributed by atoms with van der Waals surface area (Å²) in [4.78, 5) is 26.1. The number of hydrogen-bond donors (Lipinski definition) is 0. The third kappa shape index (κ3) is 4.78. The van der Waals surface area contributed by atoms with E-state index < -0.39 is 0 Å². The number of amides is 1. The Morgan fingerprint density at radius 1 is 1.22 bits per heavy atom. The molecular weight excluding hydrogens is 340 g/mol. The van der Waals surface area contributed by atoms with Crippen LogP contribution in [-0.2, 0) is 9.53 Å². The molecule has 6 heteroatoms. The lowest BCUT2D eigenvalue weighted by Crippen LogP contribution is -2.52. The van der Waals surface area contributed by atoms with Crippen molar-refractivity contribution in [3.8, 4) is 0 Å². The summed E-state index contributed by atoms with van der Waals surface area (Å²) in [6, 6.07) is 2.10. The fourth-order valence-electron chi connectivity index (χ4n) is 4.32. The molecule has 3 heterocycles. The van der Waals surface area contributed by atoms with Crippen molar-refractivity contribution in [1.82, 2.24) is 14.9 Å². The maximum Gasteiger partial charge on any atom is 0.222 e.